The maximum atomic E-state index is 13.1. The summed E-state index contributed by atoms with van der Waals surface area (Å²) < 4.78 is 116. The first-order chi connectivity index (χ1) is 12.1. The SMILES string of the molecule is Nc1c(C(=O)c2ccc(C(F)(F)F)cc2C(F)(F)F)cccc1C(F)(F)F. The molecule has 0 heterocycles. The third-order valence-electron chi connectivity index (χ3n) is 3.55. The number of anilines is 1. The number of carbonyl (C=O) groups excluding carboxylic acids is 1. The average Bonchev–Trinajstić information content (AvgIpc) is 2.51. The molecule has 2 aromatic rings. The molecule has 2 nitrogen and oxygen atoms in total. The van der Waals surface area contributed by atoms with Crippen molar-refractivity contribution in [3.63, 3.8) is 0 Å². The summed E-state index contributed by atoms with van der Waals surface area (Å²) in [4.78, 5) is 12.3. The molecule has 0 saturated heterocycles. The van der Waals surface area contributed by atoms with Crippen molar-refractivity contribution >= 4 is 11.5 Å². The minimum absolute atomic E-state index is 0.228. The highest BCUT2D eigenvalue weighted by molar-refractivity contribution is 6.13. The number of para-hydroxylation sites is 1. The van der Waals surface area contributed by atoms with E-state index in [9.17, 15) is 44.3 Å². The highest BCUT2D eigenvalue weighted by atomic mass is 19.4. The van der Waals surface area contributed by atoms with Crippen LogP contribution in [0.1, 0.15) is 32.6 Å². The second kappa shape index (κ2) is 6.46. The Morgan fingerprint density at radius 3 is 1.74 bits per heavy atom. The van der Waals surface area contributed by atoms with E-state index >= 15 is 0 Å². The summed E-state index contributed by atoms with van der Waals surface area (Å²) in [5.74, 6) is -1.58. The molecule has 0 bridgehead atoms. The molecule has 0 atom stereocenters. The van der Waals surface area contributed by atoms with Crippen molar-refractivity contribution in [2.24, 2.45) is 0 Å². The zero-order valence-electron chi connectivity index (χ0n) is 12.9. The summed E-state index contributed by atoms with van der Waals surface area (Å²) >= 11 is 0. The van der Waals surface area contributed by atoms with Crippen LogP contribution in [0, 0.1) is 0 Å². The molecular weight excluding hydrogens is 393 g/mol. The van der Waals surface area contributed by atoms with Crippen LogP contribution in [0.2, 0.25) is 0 Å². The van der Waals surface area contributed by atoms with E-state index in [1.54, 1.807) is 0 Å². The van der Waals surface area contributed by atoms with Gasteiger partial charge in [0.2, 0.25) is 0 Å². The average molecular weight is 401 g/mol. The summed E-state index contributed by atoms with van der Waals surface area (Å²) in [5.41, 5.74) is -3.06. The molecule has 0 aliphatic rings. The quantitative estimate of drug-likeness (QED) is 0.407. The fourth-order valence-electron chi connectivity index (χ4n) is 2.31. The Morgan fingerprint density at radius 2 is 1.26 bits per heavy atom. The number of hydrogen-bond acceptors (Lipinski definition) is 2. The standard InChI is InChI=1S/C16H8F9NO/c17-14(18,19)7-4-5-8(11(6-7)16(23,24)25)13(27)9-2-1-3-10(12(9)26)15(20,21)22/h1-6H,26H2. The van der Waals surface area contributed by atoms with Crippen molar-refractivity contribution in [2.45, 2.75) is 18.5 Å². The zero-order valence-corrected chi connectivity index (χ0v) is 12.9. The summed E-state index contributed by atoms with van der Waals surface area (Å²) in [6, 6.07) is 2.23. The van der Waals surface area contributed by atoms with Gasteiger partial charge in [-0.25, -0.2) is 0 Å². The molecule has 2 rings (SSSR count). The van der Waals surface area contributed by atoms with Crippen molar-refractivity contribution in [3.05, 3.63) is 64.2 Å². The Balaban J connectivity index is 2.67. The maximum absolute atomic E-state index is 13.1. The van der Waals surface area contributed by atoms with E-state index < -0.39 is 57.8 Å². The Labute approximate surface area is 145 Å². The Kier molecular flexibility index (Phi) is 4.93. The molecule has 11 heteroatoms. The van der Waals surface area contributed by atoms with Gasteiger partial charge in [0.25, 0.3) is 0 Å². The Bertz CT molecular complexity index is 879. The van der Waals surface area contributed by atoms with Crippen molar-refractivity contribution in [2.75, 3.05) is 5.73 Å². The monoisotopic (exact) mass is 401 g/mol. The molecule has 0 amide bonds. The topological polar surface area (TPSA) is 43.1 Å². The molecule has 0 radical (unpaired) electrons. The van der Waals surface area contributed by atoms with Crippen LogP contribution in [-0.2, 0) is 18.5 Å². The molecule has 0 fully saturated rings. The molecule has 0 aliphatic heterocycles. The van der Waals surface area contributed by atoms with E-state index in [1.807, 2.05) is 0 Å². The lowest BCUT2D eigenvalue weighted by atomic mass is 9.93. The third kappa shape index (κ3) is 4.17. The predicted octanol–water partition coefficient (Wildman–Crippen LogP) is 5.56. The molecular formula is C16H8F9NO. The Hall–Kier alpha value is -2.72. The number of hydrogen-bond donors (Lipinski definition) is 1. The molecule has 2 aromatic carbocycles. The first-order valence-electron chi connectivity index (χ1n) is 6.93. The van der Waals surface area contributed by atoms with Crippen LogP contribution < -0.4 is 5.73 Å². The van der Waals surface area contributed by atoms with Gasteiger partial charge in [-0.3, -0.25) is 4.79 Å². The maximum Gasteiger partial charge on any atom is 0.418 e. The minimum atomic E-state index is -5.36. The molecule has 146 valence electrons. The smallest absolute Gasteiger partial charge is 0.398 e. The van der Waals surface area contributed by atoms with Gasteiger partial charge in [0.05, 0.1) is 22.4 Å². The minimum Gasteiger partial charge on any atom is -0.398 e. The van der Waals surface area contributed by atoms with E-state index in [0.717, 1.165) is 12.1 Å². The van der Waals surface area contributed by atoms with Crippen LogP contribution in [0.4, 0.5) is 45.2 Å². The molecule has 0 aromatic heterocycles. The van der Waals surface area contributed by atoms with E-state index in [-0.39, 0.29) is 18.2 Å². The number of nitrogen functional groups attached to an aromatic ring is 1. The van der Waals surface area contributed by atoms with Gasteiger partial charge in [0, 0.05) is 11.1 Å². The van der Waals surface area contributed by atoms with Crippen molar-refractivity contribution < 1.29 is 44.3 Å². The highest BCUT2D eigenvalue weighted by Gasteiger charge is 2.40. The normalized spacial score (nSPS) is 12.9. The second-order valence-electron chi connectivity index (χ2n) is 5.35. The number of nitrogens with two attached hydrogens (primary N) is 1. The lowest BCUT2D eigenvalue weighted by Gasteiger charge is -2.17. The fourth-order valence-corrected chi connectivity index (χ4v) is 2.31. The van der Waals surface area contributed by atoms with Gasteiger partial charge in [0.15, 0.2) is 5.78 Å². The number of benzene rings is 2. The van der Waals surface area contributed by atoms with Crippen molar-refractivity contribution in [3.8, 4) is 0 Å². The first-order valence-corrected chi connectivity index (χ1v) is 6.93. The molecule has 0 saturated carbocycles. The Morgan fingerprint density at radius 1 is 0.704 bits per heavy atom. The zero-order chi connectivity index (χ0) is 20.8. The first kappa shape index (κ1) is 20.6. The van der Waals surface area contributed by atoms with Gasteiger partial charge in [-0.15, -0.1) is 0 Å². The second-order valence-corrected chi connectivity index (χ2v) is 5.35. The van der Waals surface area contributed by atoms with Crippen LogP contribution in [0.3, 0.4) is 0 Å². The molecule has 2 N–H and O–H groups in total. The number of alkyl halides is 9. The summed E-state index contributed by atoms with van der Waals surface area (Å²) in [6.45, 7) is 0. The third-order valence-corrected chi connectivity index (χ3v) is 3.55. The summed E-state index contributed by atoms with van der Waals surface area (Å²) in [7, 11) is 0. The van der Waals surface area contributed by atoms with Gasteiger partial charge < -0.3 is 5.73 Å². The van der Waals surface area contributed by atoms with Crippen LogP contribution >= 0.6 is 0 Å². The molecule has 0 unspecified atom stereocenters. The molecule has 27 heavy (non-hydrogen) atoms. The van der Waals surface area contributed by atoms with Crippen LogP contribution in [-0.4, -0.2) is 5.78 Å². The summed E-state index contributed by atoms with van der Waals surface area (Å²) in [6.07, 6.45) is -15.5. The lowest BCUT2D eigenvalue weighted by molar-refractivity contribution is -0.143. The van der Waals surface area contributed by atoms with Crippen molar-refractivity contribution in [1.82, 2.24) is 0 Å². The van der Waals surface area contributed by atoms with Gasteiger partial charge in [0.1, 0.15) is 0 Å². The van der Waals surface area contributed by atoms with E-state index in [1.165, 1.54) is 0 Å². The van der Waals surface area contributed by atoms with Crippen molar-refractivity contribution in [1.29, 1.82) is 0 Å². The fraction of sp³-hybridized carbons (Fsp3) is 0.188. The lowest BCUT2D eigenvalue weighted by Crippen LogP contribution is -2.18. The van der Waals surface area contributed by atoms with Crippen LogP contribution in [0.15, 0.2) is 36.4 Å². The number of halogens is 9. The van der Waals surface area contributed by atoms with E-state index in [2.05, 4.69) is 0 Å². The van der Waals surface area contributed by atoms with Crippen LogP contribution in [0.25, 0.3) is 0 Å². The van der Waals surface area contributed by atoms with Gasteiger partial charge in [-0.05, 0) is 30.3 Å². The summed E-state index contributed by atoms with van der Waals surface area (Å²) in [5, 5.41) is 0. The largest absolute Gasteiger partial charge is 0.418 e. The number of ketones is 1. The van der Waals surface area contributed by atoms with Crippen LogP contribution in [0.5, 0.6) is 0 Å². The number of rotatable bonds is 2. The van der Waals surface area contributed by atoms with Gasteiger partial charge >= 0.3 is 18.5 Å². The predicted molar refractivity (Wildman–Crippen MR) is 75.7 cm³/mol. The molecule has 0 aliphatic carbocycles. The van der Waals surface area contributed by atoms with E-state index in [4.69, 9.17) is 5.73 Å². The number of carbonyl (C=O) groups is 1. The van der Waals surface area contributed by atoms with Gasteiger partial charge in [-0.2, -0.15) is 39.5 Å². The highest BCUT2D eigenvalue weighted by Crippen LogP contribution is 2.40. The molecule has 0 spiro atoms. The van der Waals surface area contributed by atoms with E-state index in [0.29, 0.717) is 6.07 Å². The van der Waals surface area contributed by atoms with Gasteiger partial charge in [-0.1, -0.05) is 6.07 Å².